The number of piperazine rings is 1. The van der Waals surface area contributed by atoms with Gasteiger partial charge in [0.1, 0.15) is 5.82 Å². The van der Waals surface area contributed by atoms with Gasteiger partial charge in [0, 0.05) is 44.3 Å². The number of hydrogen-bond donors (Lipinski definition) is 0. The molecule has 5 rings (SSSR count). The molecule has 1 saturated carbocycles. The van der Waals surface area contributed by atoms with Gasteiger partial charge in [0.05, 0.1) is 22.7 Å². The number of carbonyl (C=O) groups excluding carboxylic acids is 2. The first-order chi connectivity index (χ1) is 15.6. The van der Waals surface area contributed by atoms with Gasteiger partial charge in [-0.1, -0.05) is 19.1 Å². The lowest BCUT2D eigenvalue weighted by Crippen LogP contribution is -2.50. The molecule has 3 heterocycles. The summed E-state index contributed by atoms with van der Waals surface area (Å²) in [6.45, 7) is 4.41. The van der Waals surface area contributed by atoms with E-state index >= 15 is 0 Å². The fraction of sp³-hybridized carbons (Fsp3) is 0.417. The second-order valence-electron chi connectivity index (χ2n) is 8.54. The van der Waals surface area contributed by atoms with Crippen LogP contribution in [0.2, 0.25) is 0 Å². The van der Waals surface area contributed by atoms with Gasteiger partial charge in [0.25, 0.3) is 11.8 Å². The molecule has 1 aliphatic heterocycles. The van der Waals surface area contributed by atoms with E-state index in [1.807, 2.05) is 10.7 Å². The lowest BCUT2D eigenvalue weighted by molar-refractivity contribution is 0.0533. The summed E-state index contributed by atoms with van der Waals surface area (Å²) < 4.78 is 15.9. The summed E-state index contributed by atoms with van der Waals surface area (Å²) >= 11 is 0. The van der Waals surface area contributed by atoms with Crippen LogP contribution in [0.25, 0.3) is 11.0 Å². The van der Waals surface area contributed by atoms with E-state index < -0.39 is 5.82 Å². The minimum absolute atomic E-state index is 0.0617. The van der Waals surface area contributed by atoms with Crippen LogP contribution in [-0.4, -0.2) is 62.6 Å². The van der Waals surface area contributed by atoms with Gasteiger partial charge in [-0.2, -0.15) is 5.10 Å². The van der Waals surface area contributed by atoms with Gasteiger partial charge in [-0.05, 0) is 37.5 Å². The molecule has 1 aliphatic carbocycles. The first-order valence-electron chi connectivity index (χ1n) is 11.3. The summed E-state index contributed by atoms with van der Waals surface area (Å²) in [7, 11) is 0. The highest BCUT2D eigenvalue weighted by Gasteiger charge is 2.31. The summed E-state index contributed by atoms with van der Waals surface area (Å²) in [6.07, 6.45) is 4.88. The van der Waals surface area contributed by atoms with Gasteiger partial charge in [-0.15, -0.1) is 0 Å². The second-order valence-corrected chi connectivity index (χ2v) is 8.54. The van der Waals surface area contributed by atoms with Crippen LogP contribution in [0.5, 0.6) is 0 Å². The van der Waals surface area contributed by atoms with Crippen molar-refractivity contribution in [1.29, 1.82) is 0 Å². The summed E-state index contributed by atoms with van der Waals surface area (Å²) in [4.78, 5) is 34.4. The van der Waals surface area contributed by atoms with E-state index in [0.717, 1.165) is 42.5 Å². The lowest BCUT2D eigenvalue weighted by atomic mass is 10.1. The third-order valence-corrected chi connectivity index (χ3v) is 6.25. The van der Waals surface area contributed by atoms with Crippen molar-refractivity contribution in [2.24, 2.45) is 0 Å². The summed E-state index contributed by atoms with van der Waals surface area (Å²) in [5.74, 6) is -0.496. The third kappa shape index (κ3) is 3.74. The zero-order valence-electron chi connectivity index (χ0n) is 18.1. The van der Waals surface area contributed by atoms with Gasteiger partial charge >= 0.3 is 0 Å². The number of fused-ring (bicyclic) bond motifs is 1. The van der Waals surface area contributed by atoms with E-state index in [2.05, 4.69) is 12.0 Å². The maximum absolute atomic E-state index is 14.0. The summed E-state index contributed by atoms with van der Waals surface area (Å²) in [6, 6.07) is 7.93. The Balaban J connectivity index is 1.36. The van der Waals surface area contributed by atoms with E-state index in [1.54, 1.807) is 28.1 Å². The number of pyridine rings is 1. The summed E-state index contributed by atoms with van der Waals surface area (Å²) in [5.41, 5.74) is 2.44. The highest BCUT2D eigenvalue weighted by atomic mass is 19.1. The molecule has 2 aliphatic rings. The molecule has 0 radical (unpaired) electrons. The van der Waals surface area contributed by atoms with Crippen LogP contribution in [0.1, 0.15) is 58.5 Å². The average molecular weight is 436 g/mol. The maximum atomic E-state index is 14.0. The van der Waals surface area contributed by atoms with E-state index in [0.29, 0.717) is 37.7 Å². The monoisotopic (exact) mass is 435 g/mol. The van der Waals surface area contributed by atoms with Crippen LogP contribution < -0.4 is 0 Å². The Hall–Kier alpha value is -3.29. The number of nitrogens with zero attached hydrogens (tertiary/aromatic N) is 5. The Labute approximate surface area is 185 Å². The standard InChI is InChI=1S/C24H26FN5O2/c1-2-9-30-22-19(15-26-30)18(14-21(27-22)16-7-8-16)24(32)29-12-10-28(11-13-29)23(31)17-5-3-4-6-20(17)25/h3-6,14-16H,2,7-13H2,1H3. The molecule has 1 aromatic carbocycles. The number of aromatic nitrogens is 3. The molecular weight excluding hydrogens is 409 g/mol. The number of rotatable bonds is 5. The molecule has 7 nitrogen and oxygen atoms in total. The molecule has 8 heteroatoms. The molecular formula is C24H26FN5O2. The van der Waals surface area contributed by atoms with Gasteiger partial charge < -0.3 is 9.80 Å². The number of amides is 2. The van der Waals surface area contributed by atoms with Crippen molar-refractivity contribution < 1.29 is 14.0 Å². The SMILES string of the molecule is CCCn1ncc2c(C(=O)N3CCN(C(=O)c4ccccc4F)CC3)cc(C3CC3)nc21. The van der Waals surface area contributed by atoms with Gasteiger partial charge in [0.2, 0.25) is 0 Å². The van der Waals surface area contributed by atoms with Gasteiger partial charge in [-0.25, -0.2) is 14.1 Å². The minimum atomic E-state index is -0.521. The number of benzene rings is 1. The molecule has 32 heavy (non-hydrogen) atoms. The fourth-order valence-corrected chi connectivity index (χ4v) is 4.30. The molecule has 3 aromatic rings. The molecule has 0 atom stereocenters. The molecule has 1 saturated heterocycles. The number of halogens is 1. The molecule has 2 amide bonds. The largest absolute Gasteiger partial charge is 0.335 e. The fourth-order valence-electron chi connectivity index (χ4n) is 4.30. The van der Waals surface area contributed by atoms with Crippen molar-refractivity contribution in [3.8, 4) is 0 Å². The summed E-state index contributed by atoms with van der Waals surface area (Å²) in [5, 5.41) is 5.24. The predicted molar refractivity (Wildman–Crippen MR) is 118 cm³/mol. The predicted octanol–water partition coefficient (Wildman–Crippen LogP) is 3.46. The van der Waals surface area contributed by atoms with Crippen molar-refractivity contribution in [2.75, 3.05) is 26.2 Å². The van der Waals surface area contributed by atoms with Crippen LogP contribution in [-0.2, 0) is 6.54 Å². The Kier molecular flexibility index (Phi) is 5.36. The quantitative estimate of drug-likeness (QED) is 0.615. The van der Waals surface area contributed by atoms with Crippen molar-refractivity contribution in [3.63, 3.8) is 0 Å². The highest BCUT2D eigenvalue weighted by molar-refractivity contribution is 6.05. The van der Waals surface area contributed by atoms with Gasteiger partial charge in [-0.3, -0.25) is 9.59 Å². The van der Waals surface area contributed by atoms with E-state index in [1.165, 1.54) is 12.1 Å². The minimum Gasteiger partial charge on any atom is -0.335 e. The van der Waals surface area contributed by atoms with Crippen LogP contribution in [0.15, 0.2) is 36.5 Å². The lowest BCUT2D eigenvalue weighted by Gasteiger charge is -2.35. The maximum Gasteiger partial charge on any atom is 0.256 e. The molecule has 2 aromatic heterocycles. The number of hydrogen-bond acceptors (Lipinski definition) is 4. The topological polar surface area (TPSA) is 71.3 Å². The number of aryl methyl sites for hydroxylation is 1. The van der Waals surface area contributed by atoms with Gasteiger partial charge in [0.15, 0.2) is 5.65 Å². The normalized spacial score (nSPS) is 16.6. The first-order valence-corrected chi connectivity index (χ1v) is 11.3. The van der Waals surface area contributed by atoms with Crippen LogP contribution in [0.3, 0.4) is 0 Å². The smallest absolute Gasteiger partial charge is 0.256 e. The van der Waals surface area contributed by atoms with Crippen molar-refractivity contribution >= 4 is 22.8 Å². The van der Waals surface area contributed by atoms with Crippen molar-refractivity contribution in [1.82, 2.24) is 24.6 Å². The van der Waals surface area contributed by atoms with Crippen LogP contribution in [0, 0.1) is 5.82 Å². The Morgan fingerprint density at radius 3 is 2.31 bits per heavy atom. The highest BCUT2D eigenvalue weighted by Crippen LogP contribution is 2.40. The van der Waals surface area contributed by atoms with Crippen molar-refractivity contribution in [3.05, 3.63) is 59.2 Å². The zero-order valence-corrected chi connectivity index (χ0v) is 18.1. The van der Waals surface area contributed by atoms with E-state index in [9.17, 15) is 14.0 Å². The molecule has 0 spiro atoms. The number of carbonyl (C=O) groups is 2. The Morgan fingerprint density at radius 1 is 1.03 bits per heavy atom. The molecule has 166 valence electrons. The van der Waals surface area contributed by atoms with Crippen molar-refractivity contribution in [2.45, 2.75) is 38.6 Å². The van der Waals surface area contributed by atoms with Crippen LogP contribution >= 0.6 is 0 Å². The van der Waals surface area contributed by atoms with Crippen LogP contribution in [0.4, 0.5) is 4.39 Å². The zero-order chi connectivity index (χ0) is 22.2. The first kappa shape index (κ1) is 20.6. The average Bonchev–Trinajstić information content (AvgIpc) is 3.60. The third-order valence-electron chi connectivity index (χ3n) is 6.25. The Bertz CT molecular complexity index is 1180. The van der Waals surface area contributed by atoms with E-state index in [-0.39, 0.29) is 17.4 Å². The second kappa shape index (κ2) is 8.33. The van der Waals surface area contributed by atoms with E-state index in [4.69, 9.17) is 4.98 Å². The molecule has 2 fully saturated rings. The molecule has 0 unspecified atom stereocenters. The molecule has 0 N–H and O–H groups in total. The molecule has 0 bridgehead atoms. The Morgan fingerprint density at radius 2 is 1.69 bits per heavy atom.